The summed E-state index contributed by atoms with van der Waals surface area (Å²) in [6.07, 6.45) is 21.9. The maximum absolute atomic E-state index is 13.0. The molecule has 0 amide bonds. The van der Waals surface area contributed by atoms with Crippen LogP contribution in [0.3, 0.4) is 0 Å². The van der Waals surface area contributed by atoms with Gasteiger partial charge in [0.05, 0.1) is 29.4 Å². The number of benzene rings is 1. The van der Waals surface area contributed by atoms with Gasteiger partial charge in [-0.1, -0.05) is 89.9 Å². The summed E-state index contributed by atoms with van der Waals surface area (Å²) in [7, 11) is -3.76. The van der Waals surface area contributed by atoms with Gasteiger partial charge in [-0.15, -0.1) is 11.3 Å². The molecule has 220 valence electrons. The Bertz CT molecular complexity index is 1190. The fourth-order valence-corrected chi connectivity index (χ4v) is 9.51. The largest absolute Gasteiger partial charge is 0.478 e. The van der Waals surface area contributed by atoms with Crippen LogP contribution in [-0.4, -0.2) is 28.8 Å². The number of carbonyl (C=O) groups is 1. The molecule has 2 heterocycles. The minimum Gasteiger partial charge on any atom is -0.478 e. The van der Waals surface area contributed by atoms with Crippen molar-refractivity contribution in [1.29, 1.82) is 0 Å². The van der Waals surface area contributed by atoms with Crippen LogP contribution in [0.15, 0.2) is 24.3 Å². The van der Waals surface area contributed by atoms with E-state index in [1.165, 1.54) is 136 Å². The molecule has 9 heteroatoms. The number of hydrogen-bond donors (Lipinski definition) is 2. The Balaban J connectivity index is 1.15. The molecule has 2 unspecified atom stereocenters. The molecule has 0 spiro atoms. The number of carboxylic acids is 1. The lowest BCUT2D eigenvalue weighted by atomic mass is 9.78. The van der Waals surface area contributed by atoms with Crippen molar-refractivity contribution in [2.75, 3.05) is 4.72 Å². The smallest absolute Gasteiger partial charge is 0.335 e. The molecular weight excluding hydrogens is 542 g/mol. The first-order valence-corrected chi connectivity index (χ1v) is 17.7. The molecule has 7 nitrogen and oxygen atoms in total. The fraction of sp³-hybridized carbons (Fsp3) is 0.677. The summed E-state index contributed by atoms with van der Waals surface area (Å²) in [5, 5.41) is 10.3. The van der Waals surface area contributed by atoms with E-state index in [1.54, 1.807) is 11.3 Å². The van der Waals surface area contributed by atoms with Gasteiger partial charge in [0.1, 0.15) is 0 Å². The lowest BCUT2D eigenvalue weighted by molar-refractivity contribution is 0.0697. The average molecular weight is 588 g/mol. The van der Waals surface area contributed by atoms with Crippen LogP contribution in [0.25, 0.3) is 0 Å². The number of anilines is 1. The zero-order chi connectivity index (χ0) is 28.0. The Morgan fingerprint density at radius 2 is 1.35 bits per heavy atom. The van der Waals surface area contributed by atoms with E-state index in [0.29, 0.717) is 18.2 Å². The molecular formula is C31H45N3O4S2. The number of nitrogens with zero attached hydrogens (tertiary/aromatic N) is 2. The lowest BCUT2D eigenvalue weighted by Crippen LogP contribution is -2.31. The number of fused-ring (bicyclic) bond motifs is 1. The van der Waals surface area contributed by atoms with Gasteiger partial charge in [0.2, 0.25) is 0 Å². The summed E-state index contributed by atoms with van der Waals surface area (Å²) >= 11 is 1.71. The third-order valence-corrected chi connectivity index (χ3v) is 12.0. The van der Waals surface area contributed by atoms with E-state index in [0.717, 1.165) is 22.4 Å². The maximum Gasteiger partial charge on any atom is 0.335 e. The molecule has 3 aliphatic rings. The molecule has 2 atom stereocenters. The van der Waals surface area contributed by atoms with Gasteiger partial charge < -0.3 is 5.11 Å². The first kappa shape index (κ1) is 29.5. The summed E-state index contributed by atoms with van der Waals surface area (Å²) in [6, 6.07) is 5.75. The van der Waals surface area contributed by atoms with Crippen molar-refractivity contribution in [3.63, 3.8) is 0 Å². The lowest BCUT2D eigenvalue weighted by Gasteiger charge is -2.28. The highest BCUT2D eigenvalue weighted by molar-refractivity contribution is 7.90. The van der Waals surface area contributed by atoms with Crippen molar-refractivity contribution in [3.8, 4) is 0 Å². The van der Waals surface area contributed by atoms with Gasteiger partial charge in [-0.3, -0.25) is 4.72 Å². The van der Waals surface area contributed by atoms with Crippen LogP contribution in [0, 0.1) is 11.8 Å². The second-order valence-corrected chi connectivity index (χ2v) is 15.0. The summed E-state index contributed by atoms with van der Waals surface area (Å²) in [5.74, 6) is 1.27. The van der Waals surface area contributed by atoms with Gasteiger partial charge in [0, 0.05) is 16.5 Å². The standard InChI is InChI=1S/C31H45N3O4S2/c35-31(36)26-17-19-27(20-18-26)33-40(37,38)34-21-28-29(22-34)39-30(32-28)25-14-9-8-13-24(15-10-16-25)23-11-6-4-2-1-3-5-7-12-23/h17-20,23-25,33H,1-16,21-22H2,(H,35,36). The SMILES string of the molecule is O=C(O)c1ccc(NS(=O)(=O)N2Cc3nc(C4CCCCC(C5CCCCCCCCC5)CCC4)sc3C2)cc1. The van der Waals surface area contributed by atoms with Crippen molar-refractivity contribution in [2.45, 2.75) is 122 Å². The second kappa shape index (κ2) is 13.8. The van der Waals surface area contributed by atoms with Crippen molar-refractivity contribution < 1.29 is 18.3 Å². The Kier molecular flexibility index (Phi) is 10.2. The summed E-state index contributed by atoms with van der Waals surface area (Å²) < 4.78 is 30.0. The van der Waals surface area contributed by atoms with Crippen molar-refractivity contribution in [2.24, 2.45) is 11.8 Å². The van der Waals surface area contributed by atoms with Crippen LogP contribution in [-0.2, 0) is 23.3 Å². The average Bonchev–Trinajstić information content (AvgIpc) is 3.55. The highest BCUT2D eigenvalue weighted by Gasteiger charge is 2.33. The molecule has 2 aliphatic carbocycles. The number of rotatable bonds is 6. The van der Waals surface area contributed by atoms with Crippen LogP contribution in [0.1, 0.15) is 135 Å². The fourth-order valence-electron chi connectivity index (χ4n) is 7.02. The third-order valence-electron chi connectivity index (χ3n) is 9.33. The monoisotopic (exact) mass is 587 g/mol. The van der Waals surface area contributed by atoms with E-state index < -0.39 is 16.2 Å². The maximum atomic E-state index is 13.0. The first-order valence-electron chi connectivity index (χ1n) is 15.5. The van der Waals surface area contributed by atoms with Crippen LogP contribution in [0.5, 0.6) is 0 Å². The number of carboxylic acid groups (broad SMARTS) is 1. The molecule has 1 aromatic heterocycles. The Morgan fingerprint density at radius 3 is 1.98 bits per heavy atom. The van der Waals surface area contributed by atoms with E-state index in [9.17, 15) is 13.2 Å². The normalized spacial score (nSPS) is 24.4. The molecule has 5 rings (SSSR count). The quantitative estimate of drug-likeness (QED) is 0.356. The second-order valence-electron chi connectivity index (χ2n) is 12.2. The number of hydrogen-bond acceptors (Lipinski definition) is 5. The molecule has 0 radical (unpaired) electrons. The summed E-state index contributed by atoms with van der Waals surface area (Å²) in [5.41, 5.74) is 1.36. The van der Waals surface area contributed by atoms with Crippen molar-refractivity contribution >= 4 is 33.2 Å². The zero-order valence-corrected chi connectivity index (χ0v) is 25.3. The summed E-state index contributed by atoms with van der Waals surface area (Å²) in [4.78, 5) is 17.1. The molecule has 2 N–H and O–H groups in total. The molecule has 2 aromatic rings. The Hall–Kier alpha value is -1.97. The molecule has 1 aliphatic heterocycles. The topological polar surface area (TPSA) is 99.6 Å². The summed E-state index contributed by atoms with van der Waals surface area (Å²) in [6.45, 7) is 0.622. The number of aromatic carboxylic acids is 1. The van der Waals surface area contributed by atoms with Crippen LogP contribution in [0.4, 0.5) is 5.69 Å². The minimum absolute atomic E-state index is 0.120. The van der Waals surface area contributed by atoms with Gasteiger partial charge >= 0.3 is 16.2 Å². The number of thiazole rings is 1. The highest BCUT2D eigenvalue weighted by atomic mass is 32.2. The predicted octanol–water partition coefficient (Wildman–Crippen LogP) is 8.10. The number of aromatic nitrogens is 1. The van der Waals surface area contributed by atoms with Gasteiger partial charge in [-0.25, -0.2) is 9.78 Å². The number of nitrogens with one attached hydrogen (secondary N) is 1. The molecule has 2 fully saturated rings. The van der Waals surface area contributed by atoms with Gasteiger partial charge in [0.25, 0.3) is 0 Å². The van der Waals surface area contributed by atoms with Crippen LogP contribution >= 0.6 is 11.3 Å². The first-order chi connectivity index (χ1) is 19.4. The third kappa shape index (κ3) is 7.65. The van der Waals surface area contributed by atoms with Crippen molar-refractivity contribution in [1.82, 2.24) is 9.29 Å². The van der Waals surface area contributed by atoms with E-state index in [2.05, 4.69) is 4.72 Å². The molecule has 0 bridgehead atoms. The molecule has 40 heavy (non-hydrogen) atoms. The van der Waals surface area contributed by atoms with Gasteiger partial charge in [-0.05, 0) is 48.9 Å². The predicted molar refractivity (Wildman–Crippen MR) is 161 cm³/mol. The van der Waals surface area contributed by atoms with Crippen LogP contribution < -0.4 is 4.72 Å². The zero-order valence-electron chi connectivity index (χ0n) is 23.7. The van der Waals surface area contributed by atoms with Crippen LogP contribution in [0.2, 0.25) is 0 Å². The van der Waals surface area contributed by atoms with E-state index in [4.69, 9.17) is 10.1 Å². The van der Waals surface area contributed by atoms with Gasteiger partial charge in [-0.2, -0.15) is 12.7 Å². The molecule has 0 saturated heterocycles. The van der Waals surface area contributed by atoms with Gasteiger partial charge in [0.15, 0.2) is 0 Å². The minimum atomic E-state index is -3.76. The molecule has 1 aromatic carbocycles. The molecule has 2 saturated carbocycles. The Morgan fingerprint density at radius 1 is 0.800 bits per heavy atom. The van der Waals surface area contributed by atoms with E-state index in [1.807, 2.05) is 0 Å². The Labute approximate surface area is 244 Å². The van der Waals surface area contributed by atoms with Crippen molar-refractivity contribution in [3.05, 3.63) is 45.4 Å². The van der Waals surface area contributed by atoms with E-state index in [-0.39, 0.29) is 12.1 Å². The van der Waals surface area contributed by atoms with E-state index >= 15 is 0 Å². The highest BCUT2D eigenvalue weighted by Crippen LogP contribution is 2.40.